The van der Waals surface area contributed by atoms with Crippen LogP contribution < -0.4 is 10.5 Å². The molecule has 0 saturated carbocycles. The molecule has 0 unspecified atom stereocenters. The molecule has 1 aromatic carbocycles. The van der Waals surface area contributed by atoms with Gasteiger partial charge in [0.05, 0.1) is 17.9 Å². The van der Waals surface area contributed by atoms with Crippen LogP contribution in [0.4, 0.5) is 5.69 Å². The van der Waals surface area contributed by atoms with E-state index in [1.807, 2.05) is 0 Å². The first-order valence-corrected chi connectivity index (χ1v) is 6.82. The summed E-state index contributed by atoms with van der Waals surface area (Å²) in [5.74, 6) is 2.29. The van der Waals surface area contributed by atoms with E-state index >= 15 is 0 Å². The second-order valence-corrected chi connectivity index (χ2v) is 4.44. The molecule has 20 heavy (non-hydrogen) atoms. The molecule has 0 atom stereocenters. The molecule has 0 fully saturated rings. The summed E-state index contributed by atoms with van der Waals surface area (Å²) in [6, 6.07) is 4.82. The van der Waals surface area contributed by atoms with Gasteiger partial charge in [-0.3, -0.25) is 0 Å². The smallest absolute Gasteiger partial charge is 0.339 e. The molecule has 0 aromatic heterocycles. The number of hydrogen-bond donors (Lipinski definition) is 1. The van der Waals surface area contributed by atoms with E-state index in [1.165, 1.54) is 12.8 Å². The lowest BCUT2D eigenvalue weighted by atomic mass is 10.2. The van der Waals surface area contributed by atoms with Crippen molar-refractivity contribution in [1.29, 1.82) is 0 Å². The van der Waals surface area contributed by atoms with Gasteiger partial charge in [0.2, 0.25) is 0 Å². The van der Waals surface area contributed by atoms with Gasteiger partial charge in [-0.25, -0.2) is 4.79 Å². The Morgan fingerprint density at radius 2 is 2.15 bits per heavy atom. The zero-order valence-electron chi connectivity index (χ0n) is 11.9. The number of nitrogens with two attached hydrogens (primary N) is 1. The maximum absolute atomic E-state index is 11.7. The highest BCUT2D eigenvalue weighted by atomic mass is 16.5. The van der Waals surface area contributed by atoms with Crippen LogP contribution in [0.15, 0.2) is 18.2 Å². The second-order valence-electron chi connectivity index (χ2n) is 4.44. The number of carbonyl (C=O) groups excluding carboxylic acids is 1. The maximum Gasteiger partial charge on any atom is 0.339 e. The molecule has 0 aliphatic rings. The Morgan fingerprint density at radius 1 is 1.35 bits per heavy atom. The van der Waals surface area contributed by atoms with Crippen molar-refractivity contribution in [2.45, 2.75) is 32.6 Å². The lowest BCUT2D eigenvalue weighted by Crippen LogP contribution is -2.07. The largest absolute Gasteiger partial charge is 0.491 e. The molecule has 2 N–H and O–H groups in total. The Balaban J connectivity index is 2.57. The number of hydrogen-bond acceptors (Lipinski definition) is 4. The van der Waals surface area contributed by atoms with E-state index in [-0.39, 0.29) is 6.61 Å². The average Bonchev–Trinajstić information content (AvgIpc) is 2.46. The molecule has 0 saturated heterocycles. The third-order valence-corrected chi connectivity index (χ3v) is 2.79. The van der Waals surface area contributed by atoms with Gasteiger partial charge in [0.1, 0.15) is 5.75 Å². The van der Waals surface area contributed by atoms with Crippen LogP contribution in [-0.2, 0) is 4.74 Å². The minimum absolute atomic E-state index is 0.0452. The molecule has 0 aliphatic carbocycles. The lowest BCUT2D eigenvalue weighted by molar-refractivity contribution is 0.0556. The summed E-state index contributed by atoms with van der Waals surface area (Å²) in [7, 11) is 0. The fourth-order valence-electron chi connectivity index (χ4n) is 1.69. The van der Waals surface area contributed by atoms with Crippen molar-refractivity contribution in [3.05, 3.63) is 23.8 Å². The predicted molar refractivity (Wildman–Crippen MR) is 79.6 cm³/mol. The Kier molecular flexibility index (Phi) is 7.05. The summed E-state index contributed by atoms with van der Waals surface area (Å²) < 4.78 is 10.5. The fraction of sp³-hybridized carbons (Fsp3) is 0.438. The molecule has 0 heterocycles. The molecule has 1 rings (SSSR count). The molecular weight excluding hydrogens is 254 g/mol. The van der Waals surface area contributed by atoms with Crippen LogP contribution in [0.25, 0.3) is 0 Å². The molecule has 0 aliphatic heterocycles. The van der Waals surface area contributed by atoms with Crippen molar-refractivity contribution in [3.63, 3.8) is 0 Å². The first kappa shape index (κ1) is 15.9. The third kappa shape index (κ3) is 5.23. The lowest BCUT2D eigenvalue weighted by Gasteiger charge is -2.10. The van der Waals surface area contributed by atoms with Gasteiger partial charge in [-0.1, -0.05) is 32.1 Å². The summed E-state index contributed by atoms with van der Waals surface area (Å²) >= 11 is 0. The normalized spacial score (nSPS) is 9.80. The van der Waals surface area contributed by atoms with Gasteiger partial charge in [0, 0.05) is 0 Å². The predicted octanol–water partition coefficient (Wildman–Crippen LogP) is 3.02. The number of unbranched alkanes of at least 4 members (excludes halogenated alkanes) is 3. The molecule has 0 spiro atoms. The highest BCUT2D eigenvalue weighted by Gasteiger charge is 2.10. The highest BCUT2D eigenvalue weighted by Crippen LogP contribution is 2.23. The Morgan fingerprint density at radius 3 is 2.85 bits per heavy atom. The van der Waals surface area contributed by atoms with Crippen LogP contribution in [0.5, 0.6) is 5.75 Å². The van der Waals surface area contributed by atoms with Crippen LogP contribution >= 0.6 is 0 Å². The molecule has 0 bridgehead atoms. The monoisotopic (exact) mass is 275 g/mol. The fourth-order valence-corrected chi connectivity index (χ4v) is 1.69. The van der Waals surface area contributed by atoms with E-state index in [0.29, 0.717) is 23.6 Å². The average molecular weight is 275 g/mol. The van der Waals surface area contributed by atoms with Crippen LogP contribution in [0.3, 0.4) is 0 Å². The van der Waals surface area contributed by atoms with Gasteiger partial charge in [-0.15, -0.1) is 6.42 Å². The molecule has 108 valence electrons. The second kappa shape index (κ2) is 8.87. The topological polar surface area (TPSA) is 61.5 Å². The van der Waals surface area contributed by atoms with Crippen LogP contribution in [0.2, 0.25) is 0 Å². The van der Waals surface area contributed by atoms with Gasteiger partial charge in [0.15, 0.2) is 6.61 Å². The van der Waals surface area contributed by atoms with Crippen molar-refractivity contribution < 1.29 is 14.3 Å². The van der Waals surface area contributed by atoms with Crippen molar-refractivity contribution in [2.75, 3.05) is 18.9 Å². The molecule has 0 radical (unpaired) electrons. The van der Waals surface area contributed by atoms with Crippen molar-refractivity contribution in [3.8, 4) is 18.1 Å². The number of benzene rings is 1. The van der Waals surface area contributed by atoms with E-state index < -0.39 is 5.97 Å². The molecule has 4 nitrogen and oxygen atoms in total. The Bertz CT molecular complexity index is 477. The van der Waals surface area contributed by atoms with Crippen molar-refractivity contribution in [2.24, 2.45) is 0 Å². The summed E-state index contributed by atoms with van der Waals surface area (Å²) in [6.45, 7) is 2.70. The summed E-state index contributed by atoms with van der Waals surface area (Å²) in [5.41, 5.74) is 6.72. The first-order chi connectivity index (χ1) is 9.69. The van der Waals surface area contributed by atoms with Gasteiger partial charge in [0.25, 0.3) is 0 Å². The molecule has 0 amide bonds. The summed E-state index contributed by atoms with van der Waals surface area (Å²) in [6.07, 6.45) is 9.51. The van der Waals surface area contributed by atoms with Crippen molar-refractivity contribution >= 4 is 11.7 Å². The molecule has 4 heteroatoms. The summed E-state index contributed by atoms with van der Waals surface area (Å²) in [5, 5.41) is 0. The Hall–Kier alpha value is -2.15. The molecular formula is C16H21NO3. The SMILES string of the molecule is C#CCOC(=O)c1ccc(N)c(OCCCCCC)c1. The van der Waals surface area contributed by atoms with Crippen LogP contribution in [0.1, 0.15) is 43.0 Å². The number of rotatable bonds is 8. The van der Waals surface area contributed by atoms with Crippen LogP contribution in [-0.4, -0.2) is 19.2 Å². The maximum atomic E-state index is 11.7. The van der Waals surface area contributed by atoms with E-state index in [9.17, 15) is 4.79 Å². The Labute approximate surface area is 120 Å². The number of carbonyl (C=O) groups is 1. The van der Waals surface area contributed by atoms with Crippen LogP contribution in [0, 0.1) is 12.3 Å². The van der Waals surface area contributed by atoms with E-state index in [0.717, 1.165) is 12.8 Å². The van der Waals surface area contributed by atoms with E-state index in [2.05, 4.69) is 12.8 Å². The summed E-state index contributed by atoms with van der Waals surface area (Å²) in [4.78, 5) is 11.7. The number of anilines is 1. The molecule has 1 aromatic rings. The number of nitrogen functional groups attached to an aromatic ring is 1. The third-order valence-electron chi connectivity index (χ3n) is 2.79. The van der Waals surface area contributed by atoms with Crippen molar-refractivity contribution in [1.82, 2.24) is 0 Å². The van der Waals surface area contributed by atoms with E-state index in [4.69, 9.17) is 21.6 Å². The van der Waals surface area contributed by atoms with Gasteiger partial charge in [-0.05, 0) is 24.6 Å². The van der Waals surface area contributed by atoms with Gasteiger partial charge in [-0.2, -0.15) is 0 Å². The van der Waals surface area contributed by atoms with E-state index in [1.54, 1.807) is 18.2 Å². The number of esters is 1. The van der Waals surface area contributed by atoms with Gasteiger partial charge < -0.3 is 15.2 Å². The quantitative estimate of drug-likeness (QED) is 0.343. The first-order valence-electron chi connectivity index (χ1n) is 6.82. The number of ether oxygens (including phenoxy) is 2. The zero-order chi connectivity index (χ0) is 14.8. The zero-order valence-corrected chi connectivity index (χ0v) is 11.9. The number of terminal acetylenes is 1. The standard InChI is InChI=1S/C16H21NO3/c1-3-5-6-7-11-19-15-12-13(8-9-14(15)17)16(18)20-10-4-2/h2,8-9,12H,3,5-7,10-11,17H2,1H3. The minimum Gasteiger partial charge on any atom is -0.491 e. The minimum atomic E-state index is -0.473. The highest BCUT2D eigenvalue weighted by molar-refractivity contribution is 5.90. The van der Waals surface area contributed by atoms with Gasteiger partial charge >= 0.3 is 5.97 Å².